The largest absolute Gasteiger partial charge is 0.370 e. The van der Waals surface area contributed by atoms with E-state index in [4.69, 9.17) is 11.6 Å². The molecule has 0 aromatic heterocycles. The number of nitrogens with one attached hydrogen (secondary N) is 1. The van der Waals surface area contributed by atoms with E-state index >= 15 is 0 Å². The first-order valence-corrected chi connectivity index (χ1v) is 10.2. The Morgan fingerprint density at radius 1 is 0.846 bits per heavy atom. The topological polar surface area (TPSA) is 18.5 Å². The van der Waals surface area contributed by atoms with Gasteiger partial charge in [-0.05, 0) is 56.1 Å². The SMILES string of the molecule is Clc1ccccc1CN1CCC(NC2CCN(c3ccccc3)C2)CC1. The van der Waals surface area contributed by atoms with E-state index in [0.717, 1.165) is 37.7 Å². The van der Waals surface area contributed by atoms with Crippen molar-refractivity contribution in [3.63, 3.8) is 0 Å². The summed E-state index contributed by atoms with van der Waals surface area (Å²) in [5.41, 5.74) is 2.60. The van der Waals surface area contributed by atoms with Gasteiger partial charge < -0.3 is 10.2 Å². The van der Waals surface area contributed by atoms with E-state index in [1.54, 1.807) is 0 Å². The average molecular weight is 370 g/mol. The highest BCUT2D eigenvalue weighted by atomic mass is 35.5. The summed E-state index contributed by atoms with van der Waals surface area (Å²) in [6, 6.07) is 20.3. The number of anilines is 1. The Morgan fingerprint density at radius 2 is 1.54 bits per heavy atom. The molecule has 1 N–H and O–H groups in total. The van der Waals surface area contributed by atoms with Crippen LogP contribution in [0.2, 0.25) is 5.02 Å². The van der Waals surface area contributed by atoms with Crippen LogP contribution < -0.4 is 10.2 Å². The Kier molecular flexibility index (Phi) is 5.78. The number of likely N-dealkylation sites (tertiary alicyclic amines) is 1. The highest BCUT2D eigenvalue weighted by Gasteiger charge is 2.27. The second-order valence-electron chi connectivity index (χ2n) is 7.58. The minimum atomic E-state index is 0.621. The van der Waals surface area contributed by atoms with Crippen LogP contribution in [0, 0.1) is 0 Å². The Hall–Kier alpha value is -1.55. The predicted molar refractivity (Wildman–Crippen MR) is 110 cm³/mol. The van der Waals surface area contributed by atoms with E-state index in [-0.39, 0.29) is 0 Å². The molecule has 0 amide bonds. The van der Waals surface area contributed by atoms with Crippen LogP contribution >= 0.6 is 11.6 Å². The normalized spacial score (nSPS) is 22.0. The lowest BCUT2D eigenvalue weighted by Crippen LogP contribution is -2.46. The third-order valence-electron chi connectivity index (χ3n) is 5.72. The number of hydrogen-bond donors (Lipinski definition) is 1. The summed E-state index contributed by atoms with van der Waals surface area (Å²) < 4.78 is 0. The molecule has 4 heteroatoms. The third-order valence-corrected chi connectivity index (χ3v) is 6.09. The fourth-order valence-corrected chi connectivity index (χ4v) is 4.42. The fourth-order valence-electron chi connectivity index (χ4n) is 4.23. The van der Waals surface area contributed by atoms with Gasteiger partial charge in [-0.15, -0.1) is 0 Å². The number of para-hydroxylation sites is 1. The van der Waals surface area contributed by atoms with Crippen LogP contribution in [0.4, 0.5) is 5.69 Å². The van der Waals surface area contributed by atoms with Crippen LogP contribution in [0.3, 0.4) is 0 Å². The Labute approximate surface area is 161 Å². The van der Waals surface area contributed by atoms with Gasteiger partial charge in [0.2, 0.25) is 0 Å². The summed E-state index contributed by atoms with van der Waals surface area (Å²) in [4.78, 5) is 5.04. The van der Waals surface area contributed by atoms with Gasteiger partial charge in [-0.25, -0.2) is 0 Å². The van der Waals surface area contributed by atoms with Crippen LogP contribution in [0.5, 0.6) is 0 Å². The summed E-state index contributed by atoms with van der Waals surface area (Å²) in [5, 5.41) is 4.81. The molecule has 2 heterocycles. The van der Waals surface area contributed by atoms with Crippen molar-refractivity contribution in [1.82, 2.24) is 10.2 Å². The number of hydrogen-bond acceptors (Lipinski definition) is 3. The molecule has 0 spiro atoms. The van der Waals surface area contributed by atoms with E-state index in [9.17, 15) is 0 Å². The molecule has 4 rings (SSSR count). The molecule has 3 nitrogen and oxygen atoms in total. The van der Waals surface area contributed by atoms with E-state index in [2.05, 4.69) is 57.6 Å². The van der Waals surface area contributed by atoms with Crippen LogP contribution in [0.1, 0.15) is 24.8 Å². The molecule has 0 bridgehead atoms. The Balaban J connectivity index is 1.23. The van der Waals surface area contributed by atoms with Crippen LogP contribution in [-0.2, 0) is 6.54 Å². The summed E-state index contributed by atoms with van der Waals surface area (Å²) >= 11 is 6.31. The van der Waals surface area contributed by atoms with Gasteiger partial charge in [-0.2, -0.15) is 0 Å². The van der Waals surface area contributed by atoms with Gasteiger partial charge in [-0.1, -0.05) is 48.0 Å². The lowest BCUT2D eigenvalue weighted by Gasteiger charge is -2.34. The summed E-state index contributed by atoms with van der Waals surface area (Å²) in [6.45, 7) is 5.56. The smallest absolute Gasteiger partial charge is 0.0451 e. The van der Waals surface area contributed by atoms with Gasteiger partial charge in [0.05, 0.1) is 0 Å². The van der Waals surface area contributed by atoms with Crippen LogP contribution in [-0.4, -0.2) is 43.2 Å². The lowest BCUT2D eigenvalue weighted by molar-refractivity contribution is 0.185. The third kappa shape index (κ3) is 4.40. The zero-order valence-electron chi connectivity index (χ0n) is 15.3. The molecule has 138 valence electrons. The zero-order chi connectivity index (χ0) is 17.8. The molecule has 2 aliphatic rings. The fraction of sp³-hybridized carbons (Fsp3) is 0.455. The van der Waals surface area contributed by atoms with Crippen molar-refractivity contribution in [2.24, 2.45) is 0 Å². The van der Waals surface area contributed by atoms with Crippen LogP contribution in [0.25, 0.3) is 0 Å². The molecule has 0 aliphatic carbocycles. The molecule has 26 heavy (non-hydrogen) atoms. The van der Waals surface area contributed by atoms with Crippen molar-refractivity contribution in [2.45, 2.75) is 37.9 Å². The molecule has 2 aliphatic heterocycles. The molecule has 2 fully saturated rings. The zero-order valence-corrected chi connectivity index (χ0v) is 16.0. The molecule has 0 radical (unpaired) electrons. The second-order valence-corrected chi connectivity index (χ2v) is 7.98. The van der Waals surface area contributed by atoms with Crippen molar-refractivity contribution in [1.29, 1.82) is 0 Å². The highest BCUT2D eigenvalue weighted by Crippen LogP contribution is 2.23. The molecule has 1 unspecified atom stereocenters. The van der Waals surface area contributed by atoms with Crippen molar-refractivity contribution in [3.05, 3.63) is 65.2 Å². The van der Waals surface area contributed by atoms with Gasteiger partial charge in [0, 0.05) is 42.4 Å². The van der Waals surface area contributed by atoms with Crippen LogP contribution in [0.15, 0.2) is 54.6 Å². The van der Waals surface area contributed by atoms with Gasteiger partial charge in [-0.3, -0.25) is 4.90 Å². The predicted octanol–water partition coefficient (Wildman–Crippen LogP) is 4.17. The summed E-state index contributed by atoms with van der Waals surface area (Å²) in [7, 11) is 0. The first-order valence-electron chi connectivity index (χ1n) is 9.80. The lowest BCUT2D eigenvalue weighted by atomic mass is 10.0. The maximum absolute atomic E-state index is 6.31. The number of nitrogens with zero attached hydrogens (tertiary/aromatic N) is 2. The van der Waals surface area contributed by atoms with Crippen molar-refractivity contribution in [3.8, 4) is 0 Å². The maximum atomic E-state index is 6.31. The number of piperidine rings is 1. The van der Waals surface area contributed by atoms with E-state index in [1.165, 1.54) is 30.5 Å². The maximum Gasteiger partial charge on any atom is 0.0451 e. The molecule has 2 aromatic carbocycles. The molecule has 0 saturated carbocycles. The Bertz CT molecular complexity index is 698. The van der Waals surface area contributed by atoms with E-state index < -0.39 is 0 Å². The molecular weight excluding hydrogens is 342 g/mol. The van der Waals surface area contributed by atoms with Gasteiger partial charge >= 0.3 is 0 Å². The quantitative estimate of drug-likeness (QED) is 0.853. The monoisotopic (exact) mass is 369 g/mol. The number of halogens is 1. The van der Waals surface area contributed by atoms with Crippen molar-refractivity contribution in [2.75, 3.05) is 31.1 Å². The average Bonchev–Trinajstić information content (AvgIpc) is 3.14. The van der Waals surface area contributed by atoms with Gasteiger partial charge in [0.15, 0.2) is 0 Å². The van der Waals surface area contributed by atoms with Crippen molar-refractivity contribution < 1.29 is 0 Å². The van der Waals surface area contributed by atoms with Gasteiger partial charge in [0.25, 0.3) is 0 Å². The van der Waals surface area contributed by atoms with E-state index in [1.807, 2.05) is 12.1 Å². The summed E-state index contributed by atoms with van der Waals surface area (Å²) in [6.07, 6.45) is 3.70. The second kappa shape index (κ2) is 8.43. The molecular formula is C22H28ClN3. The first kappa shape index (κ1) is 17.8. The molecule has 2 aromatic rings. The van der Waals surface area contributed by atoms with E-state index in [0.29, 0.717) is 12.1 Å². The number of benzene rings is 2. The standard InChI is InChI=1S/C22H28ClN3/c23-22-9-5-4-6-18(22)16-25-13-10-19(11-14-25)24-20-12-15-26(17-20)21-7-2-1-3-8-21/h1-9,19-20,24H,10-17H2. The number of rotatable bonds is 5. The van der Waals surface area contributed by atoms with Gasteiger partial charge in [0.1, 0.15) is 0 Å². The highest BCUT2D eigenvalue weighted by molar-refractivity contribution is 6.31. The first-order chi connectivity index (χ1) is 12.8. The Morgan fingerprint density at radius 3 is 2.31 bits per heavy atom. The molecule has 2 saturated heterocycles. The molecule has 1 atom stereocenters. The summed E-state index contributed by atoms with van der Waals surface area (Å²) in [5.74, 6) is 0. The minimum absolute atomic E-state index is 0.621. The van der Waals surface area contributed by atoms with Crippen molar-refractivity contribution >= 4 is 17.3 Å². The minimum Gasteiger partial charge on any atom is -0.370 e.